The summed E-state index contributed by atoms with van der Waals surface area (Å²) in [5.41, 5.74) is 9.23. The molecule has 0 fully saturated rings. The Balaban J connectivity index is 2.06. The molecule has 104 valence electrons. The van der Waals surface area contributed by atoms with Gasteiger partial charge in [-0.25, -0.2) is 0 Å². The topological polar surface area (TPSA) is 66.6 Å². The van der Waals surface area contributed by atoms with Gasteiger partial charge in [0.25, 0.3) is 0 Å². The van der Waals surface area contributed by atoms with E-state index in [-0.39, 0.29) is 18.4 Å². The lowest BCUT2D eigenvalue weighted by molar-refractivity contribution is -0.122. The number of aliphatic hydroxyl groups is 1. The van der Waals surface area contributed by atoms with E-state index in [0.29, 0.717) is 6.54 Å². The van der Waals surface area contributed by atoms with Crippen molar-refractivity contribution in [2.75, 3.05) is 20.2 Å². The molecule has 4 nitrogen and oxygen atoms in total. The van der Waals surface area contributed by atoms with E-state index in [1.807, 2.05) is 7.05 Å². The second-order valence-electron chi connectivity index (χ2n) is 5.41. The van der Waals surface area contributed by atoms with Crippen molar-refractivity contribution in [2.24, 2.45) is 11.7 Å². The molecule has 1 atom stereocenters. The molecular formula is C15H22N2O2. The molecule has 19 heavy (non-hydrogen) atoms. The van der Waals surface area contributed by atoms with E-state index in [4.69, 9.17) is 10.8 Å². The zero-order valence-corrected chi connectivity index (χ0v) is 11.4. The Kier molecular flexibility index (Phi) is 4.56. The number of amides is 1. The Morgan fingerprint density at radius 2 is 2.26 bits per heavy atom. The molecule has 1 aliphatic carbocycles. The number of primary amides is 1. The molecule has 0 aromatic heterocycles. The number of likely N-dealkylation sites (N-methyl/N-ethyl adjacent to an activating group) is 1. The SMILES string of the molecule is CN(CCO)Cc1ccc2c(c1)CCC(C(N)=O)C2. The first-order valence-corrected chi connectivity index (χ1v) is 6.79. The molecule has 0 saturated carbocycles. The maximum atomic E-state index is 11.2. The quantitative estimate of drug-likeness (QED) is 0.821. The largest absolute Gasteiger partial charge is 0.395 e. The lowest BCUT2D eigenvalue weighted by Crippen LogP contribution is -2.28. The van der Waals surface area contributed by atoms with Crippen LogP contribution in [0.2, 0.25) is 0 Å². The summed E-state index contributed by atoms with van der Waals surface area (Å²) >= 11 is 0. The fourth-order valence-corrected chi connectivity index (χ4v) is 2.71. The second kappa shape index (κ2) is 6.17. The van der Waals surface area contributed by atoms with Crippen molar-refractivity contribution >= 4 is 5.91 Å². The average Bonchev–Trinajstić information content (AvgIpc) is 2.38. The third-order valence-electron chi connectivity index (χ3n) is 3.84. The summed E-state index contributed by atoms with van der Waals surface area (Å²) in [6, 6.07) is 6.45. The number of aryl methyl sites for hydroxylation is 1. The molecule has 0 saturated heterocycles. The smallest absolute Gasteiger partial charge is 0.220 e. The predicted octanol–water partition coefficient (Wildman–Crippen LogP) is 0.701. The molecule has 1 aromatic rings. The number of carbonyl (C=O) groups is 1. The minimum Gasteiger partial charge on any atom is -0.395 e. The van der Waals surface area contributed by atoms with E-state index in [1.54, 1.807) is 0 Å². The van der Waals surface area contributed by atoms with Crippen molar-refractivity contribution in [3.8, 4) is 0 Å². The lowest BCUT2D eigenvalue weighted by Gasteiger charge is -2.23. The highest BCUT2D eigenvalue weighted by Gasteiger charge is 2.22. The summed E-state index contributed by atoms with van der Waals surface area (Å²) in [5.74, 6) is -0.187. The Hall–Kier alpha value is -1.39. The molecule has 0 spiro atoms. The van der Waals surface area contributed by atoms with E-state index >= 15 is 0 Å². The van der Waals surface area contributed by atoms with Crippen molar-refractivity contribution in [3.05, 3.63) is 34.9 Å². The Morgan fingerprint density at radius 3 is 2.95 bits per heavy atom. The van der Waals surface area contributed by atoms with Gasteiger partial charge in [-0.1, -0.05) is 18.2 Å². The normalized spacial score (nSPS) is 18.4. The van der Waals surface area contributed by atoms with Gasteiger partial charge >= 0.3 is 0 Å². The van der Waals surface area contributed by atoms with E-state index in [2.05, 4.69) is 23.1 Å². The van der Waals surface area contributed by atoms with Crippen LogP contribution in [0, 0.1) is 5.92 Å². The fourth-order valence-electron chi connectivity index (χ4n) is 2.71. The Bertz CT molecular complexity index is 459. The second-order valence-corrected chi connectivity index (χ2v) is 5.41. The molecule has 0 bridgehead atoms. The zero-order chi connectivity index (χ0) is 13.8. The molecule has 3 N–H and O–H groups in total. The van der Waals surface area contributed by atoms with Crippen LogP contribution < -0.4 is 5.73 Å². The molecule has 1 amide bonds. The van der Waals surface area contributed by atoms with Gasteiger partial charge < -0.3 is 10.8 Å². The summed E-state index contributed by atoms with van der Waals surface area (Å²) in [6.07, 6.45) is 2.57. The van der Waals surface area contributed by atoms with Crippen molar-refractivity contribution in [1.29, 1.82) is 0 Å². The number of rotatable bonds is 5. The van der Waals surface area contributed by atoms with E-state index in [9.17, 15) is 4.79 Å². The maximum absolute atomic E-state index is 11.2. The average molecular weight is 262 g/mol. The van der Waals surface area contributed by atoms with Crippen LogP contribution in [0.5, 0.6) is 0 Å². The number of nitrogens with two attached hydrogens (primary N) is 1. The Morgan fingerprint density at radius 1 is 1.47 bits per heavy atom. The van der Waals surface area contributed by atoms with Gasteiger partial charge in [0, 0.05) is 19.0 Å². The summed E-state index contributed by atoms with van der Waals surface area (Å²) in [4.78, 5) is 13.3. The molecule has 0 heterocycles. The summed E-state index contributed by atoms with van der Waals surface area (Å²) in [7, 11) is 2.00. The van der Waals surface area contributed by atoms with E-state index < -0.39 is 0 Å². The van der Waals surface area contributed by atoms with Crippen molar-refractivity contribution < 1.29 is 9.90 Å². The van der Waals surface area contributed by atoms with Crippen LogP contribution in [0.4, 0.5) is 0 Å². The highest BCUT2D eigenvalue weighted by molar-refractivity contribution is 5.77. The minimum absolute atomic E-state index is 0.00425. The lowest BCUT2D eigenvalue weighted by atomic mass is 9.83. The molecular weight excluding hydrogens is 240 g/mol. The predicted molar refractivity (Wildman–Crippen MR) is 74.6 cm³/mol. The molecule has 1 aromatic carbocycles. The highest BCUT2D eigenvalue weighted by Crippen LogP contribution is 2.26. The summed E-state index contributed by atoms with van der Waals surface area (Å²) < 4.78 is 0. The number of carbonyl (C=O) groups excluding carboxylic acids is 1. The fraction of sp³-hybridized carbons (Fsp3) is 0.533. The van der Waals surface area contributed by atoms with Crippen LogP contribution in [-0.4, -0.2) is 36.1 Å². The number of nitrogens with zero attached hydrogens (tertiary/aromatic N) is 1. The van der Waals surface area contributed by atoms with E-state index in [1.165, 1.54) is 16.7 Å². The van der Waals surface area contributed by atoms with Gasteiger partial charge in [0.15, 0.2) is 0 Å². The number of benzene rings is 1. The van der Waals surface area contributed by atoms with Crippen LogP contribution in [0.15, 0.2) is 18.2 Å². The van der Waals surface area contributed by atoms with Gasteiger partial charge in [-0.05, 0) is 43.0 Å². The number of aliphatic hydroxyl groups excluding tert-OH is 1. The van der Waals surface area contributed by atoms with Gasteiger partial charge in [-0.3, -0.25) is 9.69 Å². The number of hydrogen-bond acceptors (Lipinski definition) is 3. The monoisotopic (exact) mass is 262 g/mol. The van der Waals surface area contributed by atoms with E-state index in [0.717, 1.165) is 25.8 Å². The van der Waals surface area contributed by atoms with Gasteiger partial charge in [0.1, 0.15) is 0 Å². The summed E-state index contributed by atoms with van der Waals surface area (Å²) in [5, 5.41) is 8.90. The van der Waals surface area contributed by atoms with Gasteiger partial charge in [0.05, 0.1) is 6.61 Å². The molecule has 2 rings (SSSR count). The highest BCUT2D eigenvalue weighted by atomic mass is 16.3. The molecule has 4 heteroatoms. The van der Waals surface area contributed by atoms with Crippen LogP contribution in [0.25, 0.3) is 0 Å². The third kappa shape index (κ3) is 3.55. The van der Waals surface area contributed by atoms with Gasteiger partial charge in [-0.2, -0.15) is 0 Å². The minimum atomic E-state index is -0.183. The van der Waals surface area contributed by atoms with Gasteiger partial charge in [0.2, 0.25) is 5.91 Å². The van der Waals surface area contributed by atoms with Crippen LogP contribution in [0.3, 0.4) is 0 Å². The standard InChI is InChI=1S/C15H22N2O2/c1-17(6-7-18)10-11-2-3-13-9-14(15(16)19)5-4-12(13)8-11/h2-3,8,14,18H,4-7,9-10H2,1H3,(H2,16,19). The first kappa shape index (κ1) is 14.0. The van der Waals surface area contributed by atoms with Crippen LogP contribution in [0.1, 0.15) is 23.1 Å². The number of hydrogen-bond donors (Lipinski definition) is 2. The molecule has 1 aliphatic rings. The molecule has 0 aliphatic heterocycles. The first-order chi connectivity index (χ1) is 9.10. The maximum Gasteiger partial charge on any atom is 0.220 e. The van der Waals surface area contributed by atoms with Gasteiger partial charge in [-0.15, -0.1) is 0 Å². The van der Waals surface area contributed by atoms with Crippen molar-refractivity contribution in [1.82, 2.24) is 4.90 Å². The molecule has 1 unspecified atom stereocenters. The van der Waals surface area contributed by atoms with Crippen molar-refractivity contribution in [3.63, 3.8) is 0 Å². The molecule has 0 radical (unpaired) electrons. The number of fused-ring (bicyclic) bond motifs is 1. The van der Waals surface area contributed by atoms with Crippen molar-refractivity contribution in [2.45, 2.75) is 25.8 Å². The summed E-state index contributed by atoms with van der Waals surface area (Å²) in [6.45, 7) is 1.70. The van der Waals surface area contributed by atoms with Crippen LogP contribution in [-0.2, 0) is 24.2 Å². The first-order valence-electron chi connectivity index (χ1n) is 6.79. The third-order valence-corrected chi connectivity index (χ3v) is 3.84. The van der Waals surface area contributed by atoms with Crippen LogP contribution >= 0.6 is 0 Å². The zero-order valence-electron chi connectivity index (χ0n) is 11.4. The Labute approximate surface area is 114 Å².